The normalized spacial score (nSPS) is 16.8. The van der Waals surface area contributed by atoms with Gasteiger partial charge in [-0.2, -0.15) is 0 Å². The SMILES string of the molecule is C.C.C.CC(N)COC(C)COC(C)COCOCC(C)OCC(C)OCC(C)N. The van der Waals surface area contributed by atoms with Crippen LogP contribution in [0, 0.1) is 0 Å². The van der Waals surface area contributed by atoms with Gasteiger partial charge in [0.2, 0.25) is 0 Å². The Morgan fingerprint density at radius 2 is 0.733 bits per heavy atom. The lowest BCUT2D eigenvalue weighted by atomic mass is 10.3. The molecule has 0 aliphatic carbocycles. The fraction of sp³-hybridized carbons (Fsp3) is 1.00. The molecule has 0 amide bonds. The molecule has 30 heavy (non-hydrogen) atoms. The summed E-state index contributed by atoms with van der Waals surface area (Å²) in [7, 11) is 0. The van der Waals surface area contributed by atoms with Gasteiger partial charge in [-0.05, 0) is 41.5 Å². The molecule has 4 N–H and O–H groups in total. The van der Waals surface area contributed by atoms with Crippen LogP contribution in [0.3, 0.4) is 0 Å². The second-order valence-electron chi connectivity index (χ2n) is 7.39. The summed E-state index contributed by atoms with van der Waals surface area (Å²) in [5, 5.41) is 0. The first-order valence-electron chi connectivity index (χ1n) is 9.83. The van der Waals surface area contributed by atoms with Gasteiger partial charge >= 0.3 is 0 Å². The van der Waals surface area contributed by atoms with E-state index >= 15 is 0 Å². The first-order chi connectivity index (χ1) is 12.7. The Hall–Kier alpha value is -0.320. The Kier molecular flexibility index (Phi) is 28.8. The molecule has 0 bridgehead atoms. The minimum absolute atomic E-state index is 0. The molecular formula is C22H54N2O6. The summed E-state index contributed by atoms with van der Waals surface area (Å²) in [4.78, 5) is 0. The zero-order valence-corrected chi connectivity index (χ0v) is 18.0. The van der Waals surface area contributed by atoms with Crippen LogP contribution < -0.4 is 11.5 Å². The van der Waals surface area contributed by atoms with Crippen LogP contribution in [-0.2, 0) is 28.4 Å². The van der Waals surface area contributed by atoms with Crippen LogP contribution in [0.25, 0.3) is 0 Å². The summed E-state index contributed by atoms with van der Waals surface area (Å²) < 4.78 is 33.4. The molecule has 0 aromatic carbocycles. The van der Waals surface area contributed by atoms with Crippen LogP contribution in [0.1, 0.15) is 63.8 Å². The van der Waals surface area contributed by atoms with Crippen molar-refractivity contribution < 1.29 is 28.4 Å². The van der Waals surface area contributed by atoms with E-state index in [1.54, 1.807) is 0 Å². The predicted molar refractivity (Wildman–Crippen MR) is 126 cm³/mol. The maximum atomic E-state index is 5.67. The van der Waals surface area contributed by atoms with E-state index in [1.165, 1.54) is 0 Å². The van der Waals surface area contributed by atoms with Gasteiger partial charge in [0, 0.05) is 12.1 Å². The predicted octanol–water partition coefficient (Wildman–Crippen LogP) is 3.20. The quantitative estimate of drug-likeness (QED) is 0.246. The molecule has 0 aliphatic rings. The van der Waals surface area contributed by atoms with Gasteiger partial charge in [0.15, 0.2) is 0 Å². The third kappa shape index (κ3) is 25.7. The molecule has 0 heterocycles. The van der Waals surface area contributed by atoms with Gasteiger partial charge in [-0.15, -0.1) is 0 Å². The Bertz CT molecular complexity index is 305. The van der Waals surface area contributed by atoms with E-state index < -0.39 is 0 Å². The smallest absolute Gasteiger partial charge is 0.146 e. The molecule has 0 spiro atoms. The molecule has 0 rings (SSSR count). The van der Waals surface area contributed by atoms with E-state index in [0.717, 1.165) is 0 Å². The van der Waals surface area contributed by atoms with Crippen molar-refractivity contribution in [3.05, 3.63) is 0 Å². The number of rotatable bonds is 18. The maximum absolute atomic E-state index is 5.67. The van der Waals surface area contributed by atoms with Crippen molar-refractivity contribution in [1.82, 2.24) is 0 Å². The molecule has 6 atom stereocenters. The van der Waals surface area contributed by atoms with Gasteiger partial charge in [-0.3, -0.25) is 0 Å². The first-order valence-corrected chi connectivity index (χ1v) is 9.83. The molecule has 188 valence electrons. The molecule has 0 aromatic heterocycles. The minimum Gasteiger partial charge on any atom is -0.375 e. The van der Waals surface area contributed by atoms with Gasteiger partial charge < -0.3 is 39.9 Å². The van der Waals surface area contributed by atoms with Crippen molar-refractivity contribution in [2.24, 2.45) is 11.5 Å². The van der Waals surface area contributed by atoms with Crippen LogP contribution in [0.2, 0.25) is 0 Å². The third-order valence-electron chi connectivity index (χ3n) is 3.39. The minimum atomic E-state index is -0.0356. The largest absolute Gasteiger partial charge is 0.375 e. The molecule has 0 saturated carbocycles. The fourth-order valence-electron chi connectivity index (χ4n) is 1.91. The number of nitrogens with two attached hydrogens (primary N) is 2. The average Bonchev–Trinajstić information content (AvgIpc) is 2.60. The van der Waals surface area contributed by atoms with Crippen LogP contribution in [0.15, 0.2) is 0 Å². The highest BCUT2D eigenvalue weighted by molar-refractivity contribution is 4.57. The highest BCUT2D eigenvalue weighted by atomic mass is 16.7. The van der Waals surface area contributed by atoms with Gasteiger partial charge in [-0.25, -0.2) is 0 Å². The molecule has 0 aliphatic heterocycles. The van der Waals surface area contributed by atoms with E-state index in [2.05, 4.69) is 0 Å². The lowest BCUT2D eigenvalue weighted by Crippen LogP contribution is -2.29. The Labute approximate surface area is 187 Å². The molecule has 8 heteroatoms. The summed E-state index contributed by atoms with van der Waals surface area (Å²) in [6.45, 7) is 14.8. The van der Waals surface area contributed by atoms with E-state index in [0.29, 0.717) is 39.6 Å². The standard InChI is InChI=1S/C19H42N2O6.3CH4/c1-14(20)7-24-18(5)11-26-16(3)9-22-13-23-10-17(4)27-12-19(6)25-8-15(2)21;;;/h14-19H,7-13,20-21H2,1-6H3;3*1H4. The lowest BCUT2D eigenvalue weighted by Gasteiger charge is -2.20. The monoisotopic (exact) mass is 442 g/mol. The van der Waals surface area contributed by atoms with Gasteiger partial charge in [0.05, 0.1) is 64.1 Å². The Balaban J connectivity index is -0.00000113. The van der Waals surface area contributed by atoms with Crippen molar-refractivity contribution in [2.45, 2.75) is 100 Å². The van der Waals surface area contributed by atoms with Gasteiger partial charge in [-0.1, -0.05) is 22.3 Å². The summed E-state index contributed by atoms with van der Waals surface area (Å²) in [5.74, 6) is 0. The second-order valence-corrected chi connectivity index (χ2v) is 7.39. The average molecular weight is 443 g/mol. The third-order valence-corrected chi connectivity index (χ3v) is 3.39. The van der Waals surface area contributed by atoms with Gasteiger partial charge in [0.25, 0.3) is 0 Å². The summed E-state index contributed by atoms with van der Waals surface area (Å²) in [6, 6.07) is 0.0595. The molecule has 0 fully saturated rings. The van der Waals surface area contributed by atoms with E-state index in [9.17, 15) is 0 Å². The summed E-state index contributed by atoms with van der Waals surface area (Å²) in [6.07, 6.45) is -0.0580. The van der Waals surface area contributed by atoms with Crippen molar-refractivity contribution in [2.75, 3.05) is 46.4 Å². The number of hydrogen-bond donors (Lipinski definition) is 2. The number of hydrogen-bond acceptors (Lipinski definition) is 8. The molecule has 0 aromatic rings. The Morgan fingerprint density at radius 3 is 1.03 bits per heavy atom. The molecule has 0 radical (unpaired) electrons. The zero-order chi connectivity index (χ0) is 20.7. The van der Waals surface area contributed by atoms with Crippen molar-refractivity contribution in [3.8, 4) is 0 Å². The van der Waals surface area contributed by atoms with Gasteiger partial charge in [0.1, 0.15) is 6.79 Å². The van der Waals surface area contributed by atoms with Crippen LogP contribution in [0.4, 0.5) is 0 Å². The van der Waals surface area contributed by atoms with Crippen LogP contribution in [0.5, 0.6) is 0 Å². The molecule has 6 unspecified atom stereocenters. The summed E-state index contributed by atoms with van der Waals surface area (Å²) >= 11 is 0. The Morgan fingerprint density at radius 1 is 0.467 bits per heavy atom. The number of ether oxygens (including phenoxy) is 6. The van der Waals surface area contributed by atoms with E-state index in [1.807, 2.05) is 41.5 Å². The summed E-state index contributed by atoms with van der Waals surface area (Å²) in [5.41, 5.74) is 11.3. The highest BCUT2D eigenvalue weighted by Gasteiger charge is 2.10. The van der Waals surface area contributed by atoms with E-state index in [4.69, 9.17) is 39.9 Å². The fourth-order valence-corrected chi connectivity index (χ4v) is 1.91. The second kappa shape index (κ2) is 23.3. The molecule has 8 nitrogen and oxygen atoms in total. The van der Waals surface area contributed by atoms with E-state index in [-0.39, 0.29) is 65.6 Å². The zero-order valence-electron chi connectivity index (χ0n) is 18.0. The molecular weight excluding hydrogens is 388 g/mol. The topological polar surface area (TPSA) is 107 Å². The van der Waals surface area contributed by atoms with Crippen molar-refractivity contribution >= 4 is 0 Å². The first kappa shape index (κ1) is 37.0. The van der Waals surface area contributed by atoms with Crippen molar-refractivity contribution in [3.63, 3.8) is 0 Å². The van der Waals surface area contributed by atoms with Crippen LogP contribution in [-0.4, -0.2) is 82.9 Å². The highest BCUT2D eigenvalue weighted by Crippen LogP contribution is 2.00. The van der Waals surface area contributed by atoms with Crippen molar-refractivity contribution in [1.29, 1.82) is 0 Å². The van der Waals surface area contributed by atoms with Crippen LogP contribution >= 0.6 is 0 Å². The lowest BCUT2D eigenvalue weighted by molar-refractivity contribution is -0.122. The molecule has 0 saturated heterocycles. The maximum Gasteiger partial charge on any atom is 0.146 e.